The number of amides is 2. The highest BCUT2D eigenvalue weighted by Gasteiger charge is 2.07. The number of thioether (sulfide) groups is 1. The fourth-order valence-electron chi connectivity index (χ4n) is 2.31. The van der Waals surface area contributed by atoms with Crippen LogP contribution in [0.2, 0.25) is 0 Å². The van der Waals surface area contributed by atoms with Gasteiger partial charge in [-0.25, -0.2) is 0 Å². The van der Waals surface area contributed by atoms with Crippen LogP contribution in [0, 0.1) is 6.92 Å². The second-order valence-corrected chi connectivity index (χ2v) is 6.97. The maximum atomic E-state index is 12.0. The third-order valence-electron chi connectivity index (χ3n) is 3.61. The highest BCUT2D eigenvalue weighted by molar-refractivity contribution is 8.00. The minimum absolute atomic E-state index is 0.165. The van der Waals surface area contributed by atoms with E-state index in [2.05, 4.69) is 15.8 Å². The standard InChI is InChI=1S/C21H19N3O3S/c1-15-13-19(24-27-15)23-21(26)14-28-18-10-8-17(9-11-18)22-20(25)12-7-16-5-3-2-4-6-16/h2-13H,14H2,1H3,(H,22,25)(H,23,24,26)/b12-7+. The molecular weight excluding hydrogens is 374 g/mol. The molecule has 3 aromatic rings. The van der Waals surface area contributed by atoms with E-state index < -0.39 is 0 Å². The average molecular weight is 393 g/mol. The predicted octanol–water partition coefficient (Wildman–Crippen LogP) is 4.37. The Labute approximate surface area is 167 Å². The molecule has 0 saturated heterocycles. The van der Waals surface area contributed by atoms with Gasteiger partial charge in [-0.2, -0.15) is 0 Å². The summed E-state index contributed by atoms with van der Waals surface area (Å²) in [6.45, 7) is 1.76. The molecule has 1 aromatic heterocycles. The van der Waals surface area contributed by atoms with Gasteiger partial charge in [-0.05, 0) is 42.8 Å². The number of aryl methyl sites for hydroxylation is 1. The van der Waals surface area contributed by atoms with Crippen LogP contribution in [0.1, 0.15) is 11.3 Å². The molecule has 1 heterocycles. The van der Waals surface area contributed by atoms with Crippen LogP contribution in [0.4, 0.5) is 11.5 Å². The van der Waals surface area contributed by atoms with E-state index in [9.17, 15) is 9.59 Å². The van der Waals surface area contributed by atoms with Crippen molar-refractivity contribution in [2.24, 2.45) is 0 Å². The first-order valence-corrected chi connectivity index (χ1v) is 9.57. The zero-order valence-corrected chi connectivity index (χ0v) is 16.0. The van der Waals surface area contributed by atoms with Gasteiger partial charge >= 0.3 is 0 Å². The second-order valence-electron chi connectivity index (χ2n) is 5.92. The molecule has 0 fully saturated rings. The molecule has 0 aliphatic heterocycles. The maximum Gasteiger partial charge on any atom is 0.248 e. The first kappa shape index (κ1) is 19.4. The Kier molecular flexibility index (Phi) is 6.64. The normalized spacial score (nSPS) is 10.8. The molecule has 6 nitrogen and oxygen atoms in total. The molecule has 28 heavy (non-hydrogen) atoms. The molecule has 0 radical (unpaired) electrons. The van der Waals surface area contributed by atoms with E-state index in [1.54, 1.807) is 31.2 Å². The summed E-state index contributed by atoms with van der Waals surface area (Å²) in [6, 6.07) is 18.6. The third kappa shape index (κ3) is 6.14. The molecule has 0 atom stereocenters. The van der Waals surface area contributed by atoms with Gasteiger partial charge in [0.1, 0.15) is 5.76 Å². The minimum Gasteiger partial charge on any atom is -0.360 e. The van der Waals surface area contributed by atoms with Crippen LogP contribution < -0.4 is 10.6 Å². The minimum atomic E-state index is -0.202. The molecule has 0 spiro atoms. The van der Waals surface area contributed by atoms with Gasteiger partial charge in [0.25, 0.3) is 0 Å². The van der Waals surface area contributed by atoms with Gasteiger partial charge in [0, 0.05) is 22.7 Å². The first-order chi connectivity index (χ1) is 13.6. The highest BCUT2D eigenvalue weighted by Crippen LogP contribution is 2.21. The van der Waals surface area contributed by atoms with Crippen molar-refractivity contribution in [1.29, 1.82) is 0 Å². The van der Waals surface area contributed by atoms with Gasteiger partial charge in [0.05, 0.1) is 5.75 Å². The van der Waals surface area contributed by atoms with Crippen molar-refractivity contribution in [2.75, 3.05) is 16.4 Å². The Bertz CT molecular complexity index is 966. The number of aromatic nitrogens is 1. The number of carbonyl (C=O) groups is 2. The number of rotatable bonds is 7. The van der Waals surface area contributed by atoms with Crippen molar-refractivity contribution in [3.05, 3.63) is 78.1 Å². The van der Waals surface area contributed by atoms with E-state index in [1.807, 2.05) is 42.5 Å². The van der Waals surface area contributed by atoms with E-state index in [1.165, 1.54) is 17.8 Å². The number of benzene rings is 2. The summed E-state index contributed by atoms with van der Waals surface area (Å²) in [5, 5.41) is 9.20. The van der Waals surface area contributed by atoms with Crippen LogP contribution in [-0.2, 0) is 9.59 Å². The number of nitrogens with zero attached hydrogens (tertiary/aromatic N) is 1. The lowest BCUT2D eigenvalue weighted by Crippen LogP contribution is -2.14. The van der Waals surface area contributed by atoms with Gasteiger partial charge < -0.3 is 15.2 Å². The van der Waals surface area contributed by atoms with Crippen LogP contribution in [0.25, 0.3) is 6.08 Å². The molecule has 0 saturated carbocycles. The van der Waals surface area contributed by atoms with Crippen LogP contribution in [-0.4, -0.2) is 22.7 Å². The predicted molar refractivity (Wildman–Crippen MR) is 111 cm³/mol. The van der Waals surface area contributed by atoms with Gasteiger partial charge in [-0.3, -0.25) is 9.59 Å². The molecule has 0 unspecified atom stereocenters. The molecule has 2 aromatic carbocycles. The quantitative estimate of drug-likeness (QED) is 0.460. The van der Waals surface area contributed by atoms with Crippen LogP contribution in [0.15, 0.2) is 76.2 Å². The second kappa shape index (κ2) is 9.57. The molecule has 3 rings (SSSR count). The van der Waals surface area contributed by atoms with Crippen molar-refractivity contribution in [1.82, 2.24) is 5.16 Å². The summed E-state index contributed by atoms with van der Waals surface area (Å²) in [6.07, 6.45) is 3.25. The lowest BCUT2D eigenvalue weighted by Gasteiger charge is -2.05. The molecule has 0 bridgehead atoms. The van der Waals surface area contributed by atoms with E-state index in [0.29, 0.717) is 17.3 Å². The maximum absolute atomic E-state index is 12.0. The SMILES string of the molecule is Cc1cc(NC(=O)CSc2ccc(NC(=O)/C=C/c3ccccc3)cc2)no1. The Balaban J connectivity index is 1.46. The van der Waals surface area contributed by atoms with E-state index in [4.69, 9.17) is 4.52 Å². The van der Waals surface area contributed by atoms with Gasteiger partial charge in [0.15, 0.2) is 5.82 Å². The average Bonchev–Trinajstić information content (AvgIpc) is 3.11. The lowest BCUT2D eigenvalue weighted by molar-refractivity contribution is -0.114. The molecule has 7 heteroatoms. The van der Waals surface area contributed by atoms with Crippen LogP contribution >= 0.6 is 11.8 Å². The van der Waals surface area contributed by atoms with Crippen molar-refractivity contribution >= 4 is 41.2 Å². The van der Waals surface area contributed by atoms with E-state index in [0.717, 1.165) is 10.5 Å². The molecule has 142 valence electrons. The molecular formula is C21H19N3O3S. The summed E-state index contributed by atoms with van der Waals surface area (Å²) in [5.41, 5.74) is 1.65. The number of hydrogen-bond acceptors (Lipinski definition) is 5. The largest absolute Gasteiger partial charge is 0.360 e. The fraction of sp³-hybridized carbons (Fsp3) is 0.0952. The van der Waals surface area contributed by atoms with Crippen LogP contribution in [0.5, 0.6) is 0 Å². The third-order valence-corrected chi connectivity index (χ3v) is 4.63. The van der Waals surface area contributed by atoms with Crippen molar-refractivity contribution < 1.29 is 14.1 Å². The lowest BCUT2D eigenvalue weighted by atomic mass is 10.2. The number of nitrogens with one attached hydrogen (secondary N) is 2. The van der Waals surface area contributed by atoms with E-state index >= 15 is 0 Å². The molecule has 2 amide bonds. The summed E-state index contributed by atoms with van der Waals surface area (Å²) in [5.74, 6) is 0.925. The molecule has 0 aliphatic carbocycles. The first-order valence-electron chi connectivity index (χ1n) is 8.58. The topological polar surface area (TPSA) is 84.2 Å². The highest BCUT2D eigenvalue weighted by atomic mass is 32.2. The number of hydrogen-bond donors (Lipinski definition) is 2. The van der Waals surface area contributed by atoms with Crippen LogP contribution in [0.3, 0.4) is 0 Å². The summed E-state index contributed by atoms with van der Waals surface area (Å²) in [7, 11) is 0. The number of anilines is 2. The van der Waals surface area contributed by atoms with Crippen molar-refractivity contribution in [3.63, 3.8) is 0 Å². The Morgan fingerprint density at radius 1 is 1.07 bits per heavy atom. The fourth-order valence-corrected chi connectivity index (χ4v) is 3.01. The Morgan fingerprint density at radius 3 is 2.50 bits per heavy atom. The van der Waals surface area contributed by atoms with Gasteiger partial charge in [-0.15, -0.1) is 11.8 Å². The smallest absolute Gasteiger partial charge is 0.248 e. The molecule has 2 N–H and O–H groups in total. The zero-order valence-electron chi connectivity index (χ0n) is 15.2. The van der Waals surface area contributed by atoms with Crippen molar-refractivity contribution in [3.8, 4) is 0 Å². The Hall–Kier alpha value is -3.32. The Morgan fingerprint density at radius 2 is 1.82 bits per heavy atom. The van der Waals surface area contributed by atoms with Crippen molar-refractivity contribution in [2.45, 2.75) is 11.8 Å². The summed E-state index contributed by atoms with van der Waals surface area (Å²) < 4.78 is 4.90. The number of carbonyl (C=O) groups excluding carboxylic acids is 2. The van der Waals surface area contributed by atoms with Gasteiger partial charge in [0.2, 0.25) is 11.8 Å². The van der Waals surface area contributed by atoms with Gasteiger partial charge in [-0.1, -0.05) is 35.5 Å². The summed E-state index contributed by atoms with van der Waals surface area (Å²) >= 11 is 1.39. The molecule has 0 aliphatic rings. The summed E-state index contributed by atoms with van der Waals surface area (Å²) in [4.78, 5) is 24.8. The zero-order chi connectivity index (χ0) is 19.8. The monoisotopic (exact) mass is 393 g/mol. The van der Waals surface area contributed by atoms with E-state index in [-0.39, 0.29) is 17.6 Å².